The fourth-order valence-corrected chi connectivity index (χ4v) is 1.41. The number of likely N-dealkylation sites (N-methyl/N-ethyl adjacent to an activating group) is 1. The largest absolute Gasteiger partial charge is 0.465 e. The quantitative estimate of drug-likeness (QED) is 0.609. The molecule has 4 nitrogen and oxygen atoms in total. The van der Waals surface area contributed by atoms with Crippen molar-refractivity contribution in [3.8, 4) is 0 Å². The zero-order valence-corrected chi connectivity index (χ0v) is 6.71. The zero-order chi connectivity index (χ0) is 8.27. The van der Waals surface area contributed by atoms with E-state index in [1.165, 1.54) is 0 Å². The summed E-state index contributed by atoms with van der Waals surface area (Å²) in [6, 6.07) is 0.146. The van der Waals surface area contributed by atoms with E-state index in [-0.39, 0.29) is 6.04 Å². The average molecular weight is 158 g/mol. The molecule has 1 saturated heterocycles. The Labute approximate surface area is 66.2 Å². The molecule has 1 aliphatic rings. The van der Waals surface area contributed by atoms with Crippen LogP contribution in [-0.2, 0) is 0 Å². The third-order valence-corrected chi connectivity index (χ3v) is 2.05. The molecule has 0 radical (unpaired) electrons. The summed E-state index contributed by atoms with van der Waals surface area (Å²) in [5.41, 5.74) is 0. The van der Waals surface area contributed by atoms with Crippen LogP contribution in [0.4, 0.5) is 4.79 Å². The van der Waals surface area contributed by atoms with E-state index < -0.39 is 6.09 Å². The molecule has 11 heavy (non-hydrogen) atoms. The van der Waals surface area contributed by atoms with E-state index in [1.807, 2.05) is 0 Å². The van der Waals surface area contributed by atoms with Crippen LogP contribution in [0, 0.1) is 0 Å². The summed E-state index contributed by atoms with van der Waals surface area (Å²) in [5, 5.41) is 10.9. The van der Waals surface area contributed by atoms with E-state index in [2.05, 4.69) is 17.1 Å². The fourth-order valence-electron chi connectivity index (χ4n) is 1.41. The maximum atomic E-state index is 10.2. The van der Waals surface area contributed by atoms with Gasteiger partial charge < -0.3 is 15.3 Å². The molecule has 2 N–H and O–H groups in total. The summed E-state index contributed by atoms with van der Waals surface area (Å²) >= 11 is 0. The van der Waals surface area contributed by atoms with Crippen molar-refractivity contribution in [1.82, 2.24) is 10.2 Å². The lowest BCUT2D eigenvalue weighted by Gasteiger charge is -2.12. The van der Waals surface area contributed by atoms with Crippen LogP contribution < -0.4 is 5.32 Å². The number of carboxylic acid groups (broad SMARTS) is 1. The Morgan fingerprint density at radius 2 is 2.55 bits per heavy atom. The molecule has 4 heteroatoms. The maximum Gasteiger partial charge on any atom is 0.404 e. The number of carbonyl (C=O) groups is 1. The number of hydrogen-bond donors (Lipinski definition) is 2. The van der Waals surface area contributed by atoms with Gasteiger partial charge in [-0.05, 0) is 13.0 Å². The van der Waals surface area contributed by atoms with Crippen molar-refractivity contribution in [2.24, 2.45) is 0 Å². The van der Waals surface area contributed by atoms with E-state index in [0.29, 0.717) is 0 Å². The monoisotopic (exact) mass is 158 g/mol. The number of nitrogens with one attached hydrogen (secondary N) is 1. The third kappa shape index (κ3) is 2.38. The van der Waals surface area contributed by atoms with Crippen LogP contribution in [0.3, 0.4) is 0 Å². The molecule has 0 aromatic carbocycles. The van der Waals surface area contributed by atoms with Gasteiger partial charge in [0, 0.05) is 19.1 Å². The Hall–Kier alpha value is -0.770. The van der Waals surface area contributed by atoms with Crippen molar-refractivity contribution >= 4 is 6.09 Å². The van der Waals surface area contributed by atoms with Gasteiger partial charge in [-0.15, -0.1) is 0 Å². The first kappa shape index (κ1) is 8.33. The molecule has 0 spiro atoms. The smallest absolute Gasteiger partial charge is 0.404 e. The van der Waals surface area contributed by atoms with Crippen LogP contribution in [-0.4, -0.2) is 41.8 Å². The summed E-state index contributed by atoms with van der Waals surface area (Å²) in [6.45, 7) is 4.98. The molecule has 1 heterocycles. The predicted molar refractivity (Wildman–Crippen MR) is 41.7 cm³/mol. The summed E-state index contributed by atoms with van der Waals surface area (Å²) in [5.74, 6) is 0. The number of hydrogen-bond acceptors (Lipinski definition) is 2. The van der Waals surface area contributed by atoms with Gasteiger partial charge in [-0.3, -0.25) is 0 Å². The molecular weight excluding hydrogens is 144 g/mol. The van der Waals surface area contributed by atoms with Gasteiger partial charge in [0.25, 0.3) is 0 Å². The van der Waals surface area contributed by atoms with Crippen LogP contribution >= 0.6 is 0 Å². The Balaban J connectivity index is 2.24. The molecule has 0 aromatic heterocycles. The molecule has 0 aliphatic carbocycles. The highest BCUT2D eigenvalue weighted by Crippen LogP contribution is 2.07. The van der Waals surface area contributed by atoms with Crippen molar-refractivity contribution in [2.75, 3.05) is 19.6 Å². The predicted octanol–water partition coefficient (Wildman–Crippen LogP) is 0.348. The zero-order valence-electron chi connectivity index (χ0n) is 6.71. The SMILES string of the molecule is CCN1CC[C@@H](NC(=O)O)C1. The van der Waals surface area contributed by atoms with Gasteiger partial charge in [-0.25, -0.2) is 4.79 Å². The minimum Gasteiger partial charge on any atom is -0.465 e. The topological polar surface area (TPSA) is 52.6 Å². The van der Waals surface area contributed by atoms with Crippen molar-refractivity contribution in [3.05, 3.63) is 0 Å². The fraction of sp³-hybridized carbons (Fsp3) is 0.857. The molecule has 1 aliphatic heterocycles. The second-order valence-corrected chi connectivity index (χ2v) is 2.83. The molecule has 0 bridgehead atoms. The van der Waals surface area contributed by atoms with Crippen LogP contribution in [0.1, 0.15) is 13.3 Å². The molecule has 0 saturated carbocycles. The van der Waals surface area contributed by atoms with Gasteiger partial charge in [0.2, 0.25) is 0 Å². The van der Waals surface area contributed by atoms with E-state index in [1.54, 1.807) is 0 Å². The molecule has 0 unspecified atom stereocenters. The van der Waals surface area contributed by atoms with Gasteiger partial charge in [0.15, 0.2) is 0 Å². The van der Waals surface area contributed by atoms with Crippen molar-refractivity contribution < 1.29 is 9.90 Å². The van der Waals surface area contributed by atoms with Crippen molar-refractivity contribution in [2.45, 2.75) is 19.4 Å². The highest BCUT2D eigenvalue weighted by Gasteiger charge is 2.21. The van der Waals surface area contributed by atoms with Crippen molar-refractivity contribution in [3.63, 3.8) is 0 Å². The lowest BCUT2D eigenvalue weighted by molar-refractivity contribution is 0.189. The molecule has 1 rings (SSSR count). The minimum atomic E-state index is -0.909. The first-order valence-corrected chi connectivity index (χ1v) is 3.94. The van der Waals surface area contributed by atoms with Crippen LogP contribution in [0.15, 0.2) is 0 Å². The highest BCUT2D eigenvalue weighted by atomic mass is 16.4. The number of likely N-dealkylation sites (tertiary alicyclic amines) is 1. The maximum absolute atomic E-state index is 10.2. The molecule has 64 valence electrons. The Morgan fingerprint density at radius 3 is 3.00 bits per heavy atom. The van der Waals surface area contributed by atoms with Crippen LogP contribution in [0.25, 0.3) is 0 Å². The van der Waals surface area contributed by atoms with Crippen LogP contribution in [0.2, 0.25) is 0 Å². The van der Waals surface area contributed by atoms with E-state index >= 15 is 0 Å². The summed E-state index contributed by atoms with van der Waals surface area (Å²) in [7, 11) is 0. The minimum absolute atomic E-state index is 0.146. The third-order valence-electron chi connectivity index (χ3n) is 2.05. The normalized spacial score (nSPS) is 25.4. The second kappa shape index (κ2) is 3.57. The van der Waals surface area contributed by atoms with E-state index in [0.717, 1.165) is 26.1 Å². The Morgan fingerprint density at radius 1 is 1.82 bits per heavy atom. The average Bonchev–Trinajstić information content (AvgIpc) is 2.34. The summed E-state index contributed by atoms with van der Waals surface area (Å²) < 4.78 is 0. The number of amides is 1. The van der Waals surface area contributed by atoms with Gasteiger partial charge in [-0.1, -0.05) is 6.92 Å². The lowest BCUT2D eigenvalue weighted by atomic mass is 10.3. The second-order valence-electron chi connectivity index (χ2n) is 2.83. The molecular formula is C7H14N2O2. The van der Waals surface area contributed by atoms with Crippen LogP contribution in [0.5, 0.6) is 0 Å². The lowest BCUT2D eigenvalue weighted by Crippen LogP contribution is -2.35. The highest BCUT2D eigenvalue weighted by molar-refractivity contribution is 5.64. The van der Waals surface area contributed by atoms with Gasteiger partial charge in [0.05, 0.1) is 0 Å². The van der Waals surface area contributed by atoms with E-state index in [9.17, 15) is 4.79 Å². The first-order valence-electron chi connectivity index (χ1n) is 3.94. The first-order chi connectivity index (χ1) is 5.22. The summed E-state index contributed by atoms with van der Waals surface area (Å²) in [6.07, 6.45) is 0.0353. The molecule has 1 amide bonds. The number of nitrogens with zero attached hydrogens (tertiary/aromatic N) is 1. The van der Waals surface area contributed by atoms with E-state index in [4.69, 9.17) is 5.11 Å². The summed E-state index contributed by atoms with van der Waals surface area (Å²) in [4.78, 5) is 12.5. The molecule has 1 atom stereocenters. The standard InChI is InChI=1S/C7H14N2O2/c1-2-9-4-3-6(5-9)8-7(10)11/h6,8H,2-5H2,1H3,(H,10,11)/t6-/m1/s1. The Bertz CT molecular complexity index is 149. The Kier molecular flexibility index (Phi) is 2.70. The van der Waals surface area contributed by atoms with Crippen molar-refractivity contribution in [1.29, 1.82) is 0 Å². The van der Waals surface area contributed by atoms with Gasteiger partial charge in [0.1, 0.15) is 0 Å². The molecule has 0 aromatic rings. The van der Waals surface area contributed by atoms with Gasteiger partial charge in [-0.2, -0.15) is 0 Å². The molecule has 1 fully saturated rings. The van der Waals surface area contributed by atoms with Gasteiger partial charge >= 0.3 is 6.09 Å². The number of rotatable bonds is 2.